The van der Waals surface area contributed by atoms with Gasteiger partial charge in [0.2, 0.25) is 0 Å². The van der Waals surface area contributed by atoms with Gasteiger partial charge in [0.25, 0.3) is 5.91 Å². The number of rotatable bonds is 8. The van der Waals surface area contributed by atoms with E-state index in [1.165, 1.54) is 5.56 Å². The van der Waals surface area contributed by atoms with Gasteiger partial charge in [-0.25, -0.2) is 0 Å². The minimum atomic E-state index is -0.0696. The highest BCUT2D eigenvalue weighted by Crippen LogP contribution is 2.12. The quantitative estimate of drug-likeness (QED) is 0.752. The Morgan fingerprint density at radius 2 is 1.84 bits per heavy atom. The third-order valence-corrected chi connectivity index (χ3v) is 3.83. The number of benzene rings is 2. The molecule has 0 atom stereocenters. The van der Waals surface area contributed by atoms with E-state index >= 15 is 0 Å². The van der Waals surface area contributed by atoms with Gasteiger partial charge in [-0.15, -0.1) is 0 Å². The van der Waals surface area contributed by atoms with Gasteiger partial charge in [-0.05, 0) is 55.4 Å². The van der Waals surface area contributed by atoms with Gasteiger partial charge in [-0.1, -0.05) is 12.1 Å². The second-order valence-electron chi connectivity index (χ2n) is 5.85. The zero-order valence-electron chi connectivity index (χ0n) is 14.7. The molecule has 0 aliphatic heterocycles. The van der Waals surface area contributed by atoms with Crippen molar-refractivity contribution in [3.8, 4) is 11.8 Å². The van der Waals surface area contributed by atoms with E-state index in [2.05, 4.69) is 23.3 Å². The number of ether oxygens (including phenoxy) is 1. The summed E-state index contributed by atoms with van der Waals surface area (Å²) in [6.45, 7) is 2.37. The zero-order chi connectivity index (χ0) is 18.1. The maximum atomic E-state index is 11.5. The van der Waals surface area contributed by atoms with E-state index in [-0.39, 0.29) is 5.91 Å². The molecule has 0 unspecified atom stereocenters. The standard InChI is InChI=1S/C20H23N3O2/c1-22-20(24)18-8-4-17(5-9-18)15-23(2)12-3-13-25-19-10-6-16(14-21)7-11-19/h4-11H,3,12-13,15H2,1-2H3,(H,22,24). The first kappa shape index (κ1) is 18.5. The van der Waals surface area contributed by atoms with E-state index in [9.17, 15) is 4.79 Å². The number of carbonyl (C=O) groups excluding carboxylic acids is 1. The molecule has 5 heteroatoms. The smallest absolute Gasteiger partial charge is 0.251 e. The molecule has 1 N–H and O–H groups in total. The predicted molar refractivity (Wildman–Crippen MR) is 97.4 cm³/mol. The number of amides is 1. The fourth-order valence-corrected chi connectivity index (χ4v) is 2.45. The minimum Gasteiger partial charge on any atom is -0.494 e. The predicted octanol–water partition coefficient (Wildman–Crippen LogP) is 2.82. The molecule has 0 saturated carbocycles. The lowest BCUT2D eigenvalue weighted by Gasteiger charge is -2.17. The molecular weight excluding hydrogens is 314 g/mol. The molecule has 2 aromatic carbocycles. The van der Waals surface area contributed by atoms with Crippen LogP contribution in [0.15, 0.2) is 48.5 Å². The van der Waals surface area contributed by atoms with E-state index < -0.39 is 0 Å². The lowest BCUT2D eigenvalue weighted by Crippen LogP contribution is -2.21. The summed E-state index contributed by atoms with van der Waals surface area (Å²) in [7, 11) is 3.69. The van der Waals surface area contributed by atoms with Crippen LogP contribution in [0, 0.1) is 11.3 Å². The molecule has 130 valence electrons. The van der Waals surface area contributed by atoms with Gasteiger partial charge < -0.3 is 15.0 Å². The van der Waals surface area contributed by atoms with E-state index in [0.717, 1.165) is 25.3 Å². The van der Waals surface area contributed by atoms with E-state index in [0.29, 0.717) is 17.7 Å². The van der Waals surface area contributed by atoms with Crippen molar-refractivity contribution in [2.75, 3.05) is 27.2 Å². The van der Waals surface area contributed by atoms with E-state index in [1.807, 2.05) is 36.4 Å². The molecule has 5 nitrogen and oxygen atoms in total. The minimum absolute atomic E-state index is 0.0696. The summed E-state index contributed by atoms with van der Waals surface area (Å²) in [5.41, 5.74) is 2.47. The second kappa shape index (κ2) is 9.45. The average molecular weight is 337 g/mol. The van der Waals surface area contributed by atoms with E-state index in [1.54, 1.807) is 19.2 Å². The van der Waals surface area contributed by atoms with Crippen molar-refractivity contribution in [3.05, 3.63) is 65.2 Å². The summed E-state index contributed by atoms with van der Waals surface area (Å²) in [5, 5.41) is 11.4. The summed E-state index contributed by atoms with van der Waals surface area (Å²) >= 11 is 0. The summed E-state index contributed by atoms with van der Waals surface area (Å²) in [4.78, 5) is 13.7. The number of nitrogens with zero attached hydrogens (tertiary/aromatic N) is 2. The van der Waals surface area contributed by atoms with Gasteiger partial charge in [0.05, 0.1) is 18.2 Å². The van der Waals surface area contributed by atoms with Crippen molar-refractivity contribution in [1.82, 2.24) is 10.2 Å². The Morgan fingerprint density at radius 3 is 2.44 bits per heavy atom. The zero-order valence-corrected chi connectivity index (χ0v) is 14.7. The molecule has 0 bridgehead atoms. The van der Waals surface area contributed by atoms with Crippen LogP contribution in [-0.4, -0.2) is 38.1 Å². The topological polar surface area (TPSA) is 65.4 Å². The van der Waals surface area contributed by atoms with Crippen molar-refractivity contribution in [1.29, 1.82) is 5.26 Å². The van der Waals surface area contributed by atoms with Crippen LogP contribution < -0.4 is 10.1 Å². The summed E-state index contributed by atoms with van der Waals surface area (Å²) in [5.74, 6) is 0.714. The van der Waals surface area contributed by atoms with Crippen molar-refractivity contribution in [3.63, 3.8) is 0 Å². The Hall–Kier alpha value is -2.84. The first-order valence-corrected chi connectivity index (χ1v) is 8.25. The van der Waals surface area contributed by atoms with Gasteiger partial charge in [0, 0.05) is 25.7 Å². The van der Waals surface area contributed by atoms with Crippen LogP contribution >= 0.6 is 0 Å². The number of carbonyl (C=O) groups is 1. The Bertz CT molecular complexity index is 718. The fourth-order valence-electron chi connectivity index (χ4n) is 2.45. The number of nitrogens with one attached hydrogen (secondary N) is 1. The molecule has 0 aromatic heterocycles. The molecule has 0 fully saturated rings. The second-order valence-corrected chi connectivity index (χ2v) is 5.85. The SMILES string of the molecule is CNC(=O)c1ccc(CN(C)CCCOc2ccc(C#N)cc2)cc1. The average Bonchev–Trinajstić information content (AvgIpc) is 2.65. The normalized spacial score (nSPS) is 10.3. The van der Waals surface area contributed by atoms with Gasteiger partial charge in [-0.2, -0.15) is 5.26 Å². The third-order valence-electron chi connectivity index (χ3n) is 3.83. The number of hydrogen-bond donors (Lipinski definition) is 1. The maximum absolute atomic E-state index is 11.5. The van der Waals surface area contributed by atoms with Crippen LogP contribution in [0.2, 0.25) is 0 Å². The van der Waals surface area contributed by atoms with Crippen LogP contribution in [0.5, 0.6) is 5.75 Å². The van der Waals surface area contributed by atoms with Gasteiger partial charge >= 0.3 is 0 Å². The highest BCUT2D eigenvalue weighted by molar-refractivity contribution is 5.93. The molecule has 2 rings (SSSR count). The lowest BCUT2D eigenvalue weighted by atomic mass is 10.1. The molecule has 0 aliphatic carbocycles. The first-order valence-electron chi connectivity index (χ1n) is 8.25. The first-order chi connectivity index (χ1) is 12.1. The summed E-state index contributed by atoms with van der Waals surface area (Å²) in [6.07, 6.45) is 0.910. The van der Waals surface area contributed by atoms with Crippen molar-refractivity contribution < 1.29 is 9.53 Å². The third kappa shape index (κ3) is 5.94. The van der Waals surface area contributed by atoms with E-state index in [4.69, 9.17) is 10.00 Å². The van der Waals surface area contributed by atoms with Crippen LogP contribution in [0.1, 0.15) is 27.9 Å². The van der Waals surface area contributed by atoms with Gasteiger partial charge in [0.1, 0.15) is 5.75 Å². The molecule has 0 aliphatic rings. The van der Waals surface area contributed by atoms with Crippen LogP contribution in [0.25, 0.3) is 0 Å². The van der Waals surface area contributed by atoms with Crippen LogP contribution in [0.3, 0.4) is 0 Å². The van der Waals surface area contributed by atoms with Crippen LogP contribution in [0.4, 0.5) is 0 Å². The number of hydrogen-bond acceptors (Lipinski definition) is 4. The Kier molecular flexibility index (Phi) is 7.00. The molecular formula is C20H23N3O2. The lowest BCUT2D eigenvalue weighted by molar-refractivity contribution is 0.0963. The molecule has 0 radical (unpaired) electrons. The molecule has 2 aromatic rings. The van der Waals surface area contributed by atoms with Gasteiger partial charge in [-0.3, -0.25) is 4.79 Å². The summed E-state index contributed by atoms with van der Waals surface area (Å²) in [6, 6.07) is 16.9. The van der Waals surface area contributed by atoms with Gasteiger partial charge in [0.15, 0.2) is 0 Å². The molecule has 0 spiro atoms. The Labute approximate surface area is 148 Å². The molecule has 1 amide bonds. The Balaban J connectivity index is 1.70. The molecule has 0 heterocycles. The van der Waals surface area contributed by atoms with Crippen molar-refractivity contribution in [2.45, 2.75) is 13.0 Å². The monoisotopic (exact) mass is 337 g/mol. The highest BCUT2D eigenvalue weighted by Gasteiger charge is 2.04. The molecule has 25 heavy (non-hydrogen) atoms. The Morgan fingerprint density at radius 1 is 1.16 bits per heavy atom. The largest absolute Gasteiger partial charge is 0.494 e. The number of nitriles is 1. The molecule has 0 saturated heterocycles. The summed E-state index contributed by atoms with van der Waals surface area (Å²) < 4.78 is 5.68. The maximum Gasteiger partial charge on any atom is 0.251 e. The fraction of sp³-hybridized carbons (Fsp3) is 0.300. The van der Waals surface area contributed by atoms with Crippen molar-refractivity contribution in [2.24, 2.45) is 0 Å². The van der Waals surface area contributed by atoms with Crippen molar-refractivity contribution >= 4 is 5.91 Å². The highest BCUT2D eigenvalue weighted by atomic mass is 16.5. The van der Waals surface area contributed by atoms with Crippen LogP contribution in [-0.2, 0) is 6.54 Å².